The maximum absolute atomic E-state index is 12.9. The highest BCUT2D eigenvalue weighted by Crippen LogP contribution is 2.32. The first-order chi connectivity index (χ1) is 11.0. The molecule has 130 valence electrons. The van der Waals surface area contributed by atoms with Crippen LogP contribution in [0.4, 0.5) is 0 Å². The zero-order chi connectivity index (χ0) is 17.0. The van der Waals surface area contributed by atoms with Gasteiger partial charge in [-0.3, -0.25) is 14.5 Å². The number of amides is 1. The second kappa shape index (κ2) is 8.04. The van der Waals surface area contributed by atoms with Crippen molar-refractivity contribution in [3.63, 3.8) is 0 Å². The largest absolute Gasteiger partial charge is 0.300 e. The van der Waals surface area contributed by atoms with E-state index in [1.165, 1.54) is 11.4 Å². The Morgan fingerprint density at radius 1 is 1.17 bits per heavy atom. The van der Waals surface area contributed by atoms with Crippen molar-refractivity contribution in [2.45, 2.75) is 71.4 Å². The minimum atomic E-state index is -0.208. The van der Waals surface area contributed by atoms with Gasteiger partial charge < -0.3 is 0 Å². The van der Waals surface area contributed by atoms with Gasteiger partial charge in [-0.05, 0) is 53.0 Å². The number of carbonyl (C=O) groups is 2. The van der Waals surface area contributed by atoms with Gasteiger partial charge in [0, 0.05) is 30.6 Å². The lowest BCUT2D eigenvalue weighted by Crippen LogP contribution is -2.46. The molecule has 0 aromatic rings. The summed E-state index contributed by atoms with van der Waals surface area (Å²) in [5.74, 6) is -0.210. The van der Waals surface area contributed by atoms with Gasteiger partial charge in [-0.15, -0.1) is 0 Å². The average Bonchev–Trinajstić information content (AvgIpc) is 3.00. The number of hydrazone groups is 1. The average molecular weight is 321 g/mol. The fraction of sp³-hybridized carbons (Fsp3) is 0.833. The molecule has 0 radical (unpaired) electrons. The topological polar surface area (TPSA) is 53.0 Å². The molecule has 5 nitrogen and oxygen atoms in total. The minimum absolute atomic E-state index is 0.00416. The summed E-state index contributed by atoms with van der Waals surface area (Å²) in [6.45, 7) is 11.3. The second-order valence-corrected chi connectivity index (χ2v) is 7.30. The summed E-state index contributed by atoms with van der Waals surface area (Å²) >= 11 is 0. The van der Waals surface area contributed by atoms with Gasteiger partial charge in [-0.1, -0.05) is 12.8 Å². The van der Waals surface area contributed by atoms with Gasteiger partial charge in [0.15, 0.2) is 0 Å². The fourth-order valence-corrected chi connectivity index (χ4v) is 4.26. The normalized spacial score (nSPS) is 28.8. The Balaban J connectivity index is 2.05. The van der Waals surface area contributed by atoms with Crippen LogP contribution in [0.5, 0.6) is 0 Å². The third-order valence-corrected chi connectivity index (χ3v) is 5.50. The summed E-state index contributed by atoms with van der Waals surface area (Å²) in [7, 11) is 0. The summed E-state index contributed by atoms with van der Waals surface area (Å²) < 4.78 is 0. The van der Waals surface area contributed by atoms with Crippen molar-refractivity contribution in [2.24, 2.45) is 16.9 Å². The maximum Gasteiger partial charge on any atom is 0.246 e. The van der Waals surface area contributed by atoms with Gasteiger partial charge in [0.25, 0.3) is 0 Å². The molecule has 1 saturated carbocycles. The number of carbonyl (C=O) groups excluding carboxylic acids is 2. The van der Waals surface area contributed by atoms with Crippen LogP contribution < -0.4 is 0 Å². The molecule has 3 atom stereocenters. The van der Waals surface area contributed by atoms with Crippen LogP contribution in [0.3, 0.4) is 0 Å². The van der Waals surface area contributed by atoms with Gasteiger partial charge >= 0.3 is 0 Å². The molecular formula is C18H31N3O2. The summed E-state index contributed by atoms with van der Waals surface area (Å²) in [4.78, 5) is 27.3. The smallest absolute Gasteiger partial charge is 0.246 e. The summed E-state index contributed by atoms with van der Waals surface area (Å²) in [6, 6.07) is 0.827. The van der Waals surface area contributed by atoms with E-state index < -0.39 is 0 Å². The van der Waals surface area contributed by atoms with E-state index in [2.05, 4.69) is 30.6 Å². The van der Waals surface area contributed by atoms with Crippen LogP contribution in [-0.4, -0.2) is 53.5 Å². The number of ketones is 1. The van der Waals surface area contributed by atoms with Crippen LogP contribution >= 0.6 is 0 Å². The van der Waals surface area contributed by atoms with Crippen molar-refractivity contribution < 1.29 is 9.59 Å². The molecule has 0 N–H and O–H groups in total. The van der Waals surface area contributed by atoms with Crippen molar-refractivity contribution in [1.82, 2.24) is 9.91 Å². The van der Waals surface area contributed by atoms with E-state index in [1.807, 2.05) is 0 Å². The van der Waals surface area contributed by atoms with Crippen molar-refractivity contribution >= 4 is 18.4 Å². The molecule has 1 amide bonds. The standard InChI is InChI=1S/C18H31N3O2/c1-13(2)20-11-7-8-15(20)12-21(19-4)18(23)17-10-6-5-9-16(17)14(3)22/h13,15-17H,4-12H2,1-3H3/t15-,16-,17-/m0/s1. The zero-order valence-corrected chi connectivity index (χ0v) is 14.8. The summed E-state index contributed by atoms with van der Waals surface area (Å²) in [6.07, 6.45) is 5.96. The van der Waals surface area contributed by atoms with Crippen molar-refractivity contribution in [2.75, 3.05) is 13.1 Å². The molecule has 2 aliphatic rings. The molecule has 1 heterocycles. The molecule has 2 fully saturated rings. The maximum atomic E-state index is 12.9. The van der Waals surface area contributed by atoms with Gasteiger partial charge in [0.05, 0.1) is 6.54 Å². The molecule has 23 heavy (non-hydrogen) atoms. The number of hydrogen-bond donors (Lipinski definition) is 0. The molecule has 0 unspecified atom stereocenters. The predicted molar refractivity (Wildman–Crippen MR) is 92.3 cm³/mol. The van der Waals surface area contributed by atoms with E-state index in [-0.39, 0.29) is 23.5 Å². The van der Waals surface area contributed by atoms with E-state index in [1.54, 1.807) is 6.92 Å². The molecule has 1 aliphatic carbocycles. The van der Waals surface area contributed by atoms with Crippen LogP contribution in [0.15, 0.2) is 5.10 Å². The molecule has 0 aromatic heterocycles. The Kier molecular flexibility index (Phi) is 6.33. The summed E-state index contributed by atoms with van der Waals surface area (Å²) in [5.41, 5.74) is 0. The molecule has 0 bridgehead atoms. The van der Waals surface area contributed by atoms with Gasteiger partial charge in [0.1, 0.15) is 5.78 Å². The van der Waals surface area contributed by atoms with Gasteiger partial charge in [-0.2, -0.15) is 5.10 Å². The third-order valence-electron chi connectivity index (χ3n) is 5.50. The lowest BCUT2D eigenvalue weighted by Gasteiger charge is -2.34. The second-order valence-electron chi connectivity index (χ2n) is 7.30. The Morgan fingerprint density at radius 2 is 1.83 bits per heavy atom. The monoisotopic (exact) mass is 321 g/mol. The Morgan fingerprint density at radius 3 is 2.39 bits per heavy atom. The van der Waals surface area contributed by atoms with Crippen molar-refractivity contribution in [3.05, 3.63) is 0 Å². The first-order valence-corrected chi connectivity index (χ1v) is 9.00. The molecule has 5 heteroatoms. The zero-order valence-electron chi connectivity index (χ0n) is 14.8. The van der Waals surface area contributed by atoms with Crippen LogP contribution in [0, 0.1) is 11.8 Å². The van der Waals surface area contributed by atoms with Gasteiger partial charge in [0.2, 0.25) is 5.91 Å². The number of rotatable bonds is 6. The molecule has 2 rings (SSSR count). The van der Waals surface area contributed by atoms with E-state index >= 15 is 0 Å². The lowest BCUT2D eigenvalue weighted by molar-refractivity contribution is -0.143. The highest BCUT2D eigenvalue weighted by molar-refractivity contribution is 5.87. The third kappa shape index (κ3) is 4.19. The highest BCUT2D eigenvalue weighted by Gasteiger charge is 2.38. The Hall–Kier alpha value is -1.23. The van der Waals surface area contributed by atoms with Crippen LogP contribution in [0.1, 0.15) is 59.3 Å². The van der Waals surface area contributed by atoms with Gasteiger partial charge in [-0.25, -0.2) is 5.01 Å². The number of likely N-dealkylation sites (tertiary alicyclic amines) is 1. The number of Topliss-reactive ketones (excluding diaryl/α,β-unsaturated/α-hetero) is 1. The molecule has 0 aromatic carbocycles. The molecule has 1 saturated heterocycles. The highest BCUT2D eigenvalue weighted by atomic mass is 16.2. The first-order valence-electron chi connectivity index (χ1n) is 9.00. The predicted octanol–water partition coefficient (Wildman–Crippen LogP) is 2.70. The van der Waals surface area contributed by atoms with E-state index in [0.29, 0.717) is 18.6 Å². The molecule has 1 aliphatic heterocycles. The first kappa shape index (κ1) is 18.1. The number of hydrogen-bond acceptors (Lipinski definition) is 4. The van der Waals surface area contributed by atoms with Crippen molar-refractivity contribution in [1.29, 1.82) is 0 Å². The van der Waals surface area contributed by atoms with E-state index in [4.69, 9.17) is 0 Å². The summed E-state index contributed by atoms with van der Waals surface area (Å²) in [5, 5.41) is 5.55. The lowest BCUT2D eigenvalue weighted by atomic mass is 9.76. The van der Waals surface area contributed by atoms with Crippen LogP contribution in [-0.2, 0) is 9.59 Å². The molecular weight excluding hydrogens is 290 g/mol. The molecule has 0 spiro atoms. The van der Waals surface area contributed by atoms with Crippen LogP contribution in [0.25, 0.3) is 0 Å². The Bertz CT molecular complexity index is 450. The van der Waals surface area contributed by atoms with E-state index in [0.717, 1.165) is 38.6 Å². The van der Waals surface area contributed by atoms with Crippen LogP contribution in [0.2, 0.25) is 0 Å². The quantitative estimate of drug-likeness (QED) is 0.558. The Labute approximate surface area is 140 Å². The van der Waals surface area contributed by atoms with Crippen molar-refractivity contribution in [3.8, 4) is 0 Å². The fourth-order valence-electron chi connectivity index (χ4n) is 4.26. The SMILES string of the molecule is C=NN(C[C@@H]1CCCN1C(C)C)C(=O)[C@H]1CCCC[C@H]1C(C)=O. The van der Waals surface area contributed by atoms with E-state index in [9.17, 15) is 9.59 Å². The minimum Gasteiger partial charge on any atom is -0.300 e. The number of nitrogens with zero attached hydrogens (tertiary/aromatic N) is 3.